The van der Waals surface area contributed by atoms with E-state index >= 15 is 0 Å². The van der Waals surface area contributed by atoms with E-state index in [-0.39, 0.29) is 11.7 Å². The summed E-state index contributed by atoms with van der Waals surface area (Å²) < 4.78 is 38.7. The van der Waals surface area contributed by atoms with Crippen LogP contribution in [0, 0.1) is 10.1 Å². The minimum Gasteiger partial charge on any atom is -0.480 e. The van der Waals surface area contributed by atoms with E-state index in [1.54, 1.807) is 0 Å². The van der Waals surface area contributed by atoms with Gasteiger partial charge in [-0.05, 0) is 25.0 Å². The third-order valence-electron chi connectivity index (χ3n) is 3.11. The Morgan fingerprint density at radius 2 is 2.05 bits per heavy atom. The number of halogens is 3. The highest BCUT2D eigenvalue weighted by Gasteiger charge is 2.40. The van der Waals surface area contributed by atoms with Gasteiger partial charge >= 0.3 is 12.1 Å². The molecule has 0 spiro atoms. The number of hydrogen-bond acceptors (Lipinski definition) is 4. The fourth-order valence-electron chi connectivity index (χ4n) is 2.05. The predicted octanol–water partition coefficient (Wildman–Crippen LogP) is 2.67. The molecule has 0 unspecified atom stereocenters. The molecule has 0 aromatic heterocycles. The van der Waals surface area contributed by atoms with E-state index in [1.807, 2.05) is 0 Å². The number of hydrogen-bond donors (Lipinski definition) is 1. The highest BCUT2D eigenvalue weighted by atomic mass is 19.4. The normalized spacial score (nSPS) is 14.8. The van der Waals surface area contributed by atoms with Crippen molar-refractivity contribution in [3.8, 4) is 0 Å². The second kappa shape index (κ2) is 5.23. The number of carboxylic acids is 1. The molecular formula is C12H11F3N2O4. The summed E-state index contributed by atoms with van der Waals surface area (Å²) in [6, 6.07) is 2.41. The zero-order chi connectivity index (χ0) is 15.8. The highest BCUT2D eigenvalue weighted by Crippen LogP contribution is 2.40. The smallest absolute Gasteiger partial charge is 0.423 e. The van der Waals surface area contributed by atoms with Gasteiger partial charge in [-0.1, -0.05) is 0 Å². The molecule has 1 aliphatic rings. The molecule has 21 heavy (non-hydrogen) atoms. The number of alkyl halides is 3. The summed E-state index contributed by atoms with van der Waals surface area (Å²) in [6.45, 7) is -0.445. The van der Waals surface area contributed by atoms with Crippen LogP contribution in [0.5, 0.6) is 0 Å². The monoisotopic (exact) mass is 304 g/mol. The third-order valence-corrected chi connectivity index (χ3v) is 3.11. The molecule has 0 heterocycles. The Hall–Kier alpha value is -2.32. The fourth-order valence-corrected chi connectivity index (χ4v) is 2.05. The number of rotatable bonds is 5. The first kappa shape index (κ1) is 15.1. The third kappa shape index (κ3) is 3.41. The second-order valence-electron chi connectivity index (χ2n) is 4.71. The second-order valence-corrected chi connectivity index (χ2v) is 4.71. The van der Waals surface area contributed by atoms with Crippen LogP contribution in [-0.4, -0.2) is 28.6 Å². The molecule has 9 heteroatoms. The number of carboxylic acid groups (broad SMARTS) is 1. The van der Waals surface area contributed by atoms with Crippen molar-refractivity contribution in [2.75, 3.05) is 11.4 Å². The van der Waals surface area contributed by atoms with Crippen LogP contribution in [0.25, 0.3) is 0 Å². The Bertz CT molecular complexity index is 584. The van der Waals surface area contributed by atoms with Crippen molar-refractivity contribution >= 4 is 17.3 Å². The molecule has 6 nitrogen and oxygen atoms in total. The van der Waals surface area contributed by atoms with Gasteiger partial charge in [0.2, 0.25) is 0 Å². The van der Waals surface area contributed by atoms with Gasteiger partial charge in [0.1, 0.15) is 12.1 Å². The molecule has 0 aliphatic heterocycles. The predicted molar refractivity (Wildman–Crippen MR) is 66.1 cm³/mol. The molecule has 1 saturated carbocycles. The zero-order valence-electron chi connectivity index (χ0n) is 10.6. The van der Waals surface area contributed by atoms with Gasteiger partial charge in [-0.15, -0.1) is 0 Å². The Morgan fingerprint density at radius 1 is 1.43 bits per heavy atom. The van der Waals surface area contributed by atoms with Crippen molar-refractivity contribution in [2.45, 2.75) is 25.1 Å². The maximum atomic E-state index is 12.9. The Labute approximate surface area is 116 Å². The van der Waals surface area contributed by atoms with E-state index < -0.39 is 34.9 Å². The van der Waals surface area contributed by atoms with E-state index in [9.17, 15) is 28.1 Å². The molecule has 0 atom stereocenters. The van der Waals surface area contributed by atoms with Gasteiger partial charge in [-0.3, -0.25) is 14.9 Å². The first-order valence-electron chi connectivity index (χ1n) is 6.04. The molecule has 1 aromatic rings. The summed E-state index contributed by atoms with van der Waals surface area (Å²) in [5.41, 5.74) is -2.39. The van der Waals surface area contributed by atoms with E-state index in [2.05, 4.69) is 0 Å². The van der Waals surface area contributed by atoms with Crippen LogP contribution in [0.2, 0.25) is 0 Å². The first-order valence-corrected chi connectivity index (χ1v) is 6.04. The van der Waals surface area contributed by atoms with Crippen LogP contribution < -0.4 is 4.90 Å². The van der Waals surface area contributed by atoms with Gasteiger partial charge in [0.25, 0.3) is 5.69 Å². The average molecular weight is 304 g/mol. The van der Waals surface area contributed by atoms with E-state index in [0.717, 1.165) is 12.1 Å². The van der Waals surface area contributed by atoms with Crippen molar-refractivity contribution in [2.24, 2.45) is 0 Å². The number of nitro groups is 1. The minimum atomic E-state index is -4.88. The first-order chi connectivity index (χ1) is 9.70. The largest absolute Gasteiger partial charge is 0.480 e. The molecular weight excluding hydrogens is 293 g/mol. The van der Waals surface area contributed by atoms with Gasteiger partial charge in [0.15, 0.2) is 0 Å². The summed E-state index contributed by atoms with van der Waals surface area (Å²) in [6.07, 6.45) is -3.51. The molecule has 2 rings (SSSR count). The lowest BCUT2D eigenvalue weighted by Crippen LogP contribution is -2.32. The Kier molecular flexibility index (Phi) is 3.75. The summed E-state index contributed by atoms with van der Waals surface area (Å²) in [5.74, 6) is -1.17. The van der Waals surface area contributed by atoms with Gasteiger partial charge in [0, 0.05) is 17.8 Å². The van der Waals surface area contributed by atoms with Crippen molar-refractivity contribution in [1.82, 2.24) is 0 Å². The van der Waals surface area contributed by atoms with Gasteiger partial charge < -0.3 is 10.0 Å². The SMILES string of the molecule is O=C(O)CN(c1ccc([N+](=O)[O-])c(C(F)(F)F)c1)C1CC1. The van der Waals surface area contributed by atoms with Crippen LogP contribution in [0.1, 0.15) is 18.4 Å². The van der Waals surface area contributed by atoms with Crippen LogP contribution in [0.3, 0.4) is 0 Å². The molecule has 0 radical (unpaired) electrons. The summed E-state index contributed by atoms with van der Waals surface area (Å²) >= 11 is 0. The molecule has 0 saturated heterocycles. The molecule has 0 bridgehead atoms. The maximum absolute atomic E-state index is 12.9. The highest BCUT2D eigenvalue weighted by molar-refractivity contribution is 5.74. The van der Waals surface area contributed by atoms with Crippen molar-refractivity contribution < 1.29 is 28.0 Å². The van der Waals surface area contributed by atoms with Crippen molar-refractivity contribution in [1.29, 1.82) is 0 Å². The van der Waals surface area contributed by atoms with Gasteiger partial charge in [0.05, 0.1) is 4.92 Å². The molecule has 1 N–H and O–H groups in total. The quantitative estimate of drug-likeness (QED) is 0.668. The number of nitrogens with zero attached hydrogens (tertiary/aromatic N) is 2. The molecule has 0 amide bonds. The van der Waals surface area contributed by atoms with Crippen LogP contribution in [-0.2, 0) is 11.0 Å². The number of nitro benzene ring substituents is 1. The Balaban J connectivity index is 2.45. The minimum absolute atomic E-state index is 0.0258. The lowest BCUT2D eigenvalue weighted by atomic mass is 10.1. The van der Waals surface area contributed by atoms with Crippen molar-refractivity contribution in [3.63, 3.8) is 0 Å². The number of aliphatic carboxylic acids is 1. The molecule has 1 aliphatic carbocycles. The van der Waals surface area contributed by atoms with Crippen LogP contribution in [0.15, 0.2) is 18.2 Å². The zero-order valence-corrected chi connectivity index (χ0v) is 10.6. The molecule has 1 fully saturated rings. The number of carbonyl (C=O) groups is 1. The van der Waals surface area contributed by atoms with Gasteiger partial charge in [-0.2, -0.15) is 13.2 Å². The molecule has 114 valence electrons. The van der Waals surface area contributed by atoms with E-state index in [1.165, 1.54) is 4.90 Å². The lowest BCUT2D eigenvalue weighted by Gasteiger charge is -2.23. The fraction of sp³-hybridized carbons (Fsp3) is 0.417. The Morgan fingerprint density at radius 3 is 2.48 bits per heavy atom. The number of benzene rings is 1. The summed E-state index contributed by atoms with van der Waals surface area (Å²) in [7, 11) is 0. The summed E-state index contributed by atoms with van der Waals surface area (Å²) in [5, 5.41) is 19.5. The topological polar surface area (TPSA) is 83.7 Å². The summed E-state index contributed by atoms with van der Waals surface area (Å²) in [4.78, 5) is 21.7. The van der Waals surface area contributed by atoms with Crippen molar-refractivity contribution in [3.05, 3.63) is 33.9 Å². The standard InChI is InChI=1S/C12H11F3N2O4/c13-12(14,15)9-5-8(3-4-10(9)17(20)21)16(6-11(18)19)7-1-2-7/h3-5,7H,1-2,6H2,(H,18,19). The molecule has 1 aromatic carbocycles. The lowest BCUT2D eigenvalue weighted by molar-refractivity contribution is -0.388. The van der Waals surface area contributed by atoms with E-state index in [4.69, 9.17) is 5.11 Å². The van der Waals surface area contributed by atoms with Crippen LogP contribution >= 0.6 is 0 Å². The average Bonchev–Trinajstić information content (AvgIpc) is 3.18. The van der Waals surface area contributed by atoms with Crippen LogP contribution in [0.4, 0.5) is 24.5 Å². The van der Waals surface area contributed by atoms with E-state index in [0.29, 0.717) is 18.9 Å². The maximum Gasteiger partial charge on any atom is 0.423 e. The number of anilines is 1. The van der Waals surface area contributed by atoms with Gasteiger partial charge in [-0.25, -0.2) is 0 Å².